The summed E-state index contributed by atoms with van der Waals surface area (Å²) in [6.07, 6.45) is 6.09. The number of hydrogen-bond acceptors (Lipinski definition) is 3. The van der Waals surface area contributed by atoms with Crippen LogP contribution in [0.15, 0.2) is 10.9 Å². The van der Waals surface area contributed by atoms with Gasteiger partial charge in [0.05, 0.1) is 0 Å². The highest BCUT2D eigenvalue weighted by Gasteiger charge is 2.11. The van der Waals surface area contributed by atoms with Gasteiger partial charge in [-0.2, -0.15) is 0 Å². The summed E-state index contributed by atoms with van der Waals surface area (Å²) >= 11 is 1.66. The molecule has 0 radical (unpaired) electrons. The summed E-state index contributed by atoms with van der Waals surface area (Å²) in [5.41, 5.74) is 1.92. The lowest BCUT2D eigenvalue weighted by atomic mass is 10.1. The van der Waals surface area contributed by atoms with Crippen molar-refractivity contribution >= 4 is 33.6 Å². The maximum Gasteiger partial charge on any atom is 0.195 e. The maximum atomic E-state index is 12.4. The van der Waals surface area contributed by atoms with Gasteiger partial charge in [0.15, 0.2) is 5.43 Å². The Labute approximate surface area is 109 Å². The van der Waals surface area contributed by atoms with E-state index in [1.807, 2.05) is 19.9 Å². The number of phenols is 1. The van der Waals surface area contributed by atoms with E-state index in [9.17, 15) is 9.90 Å². The molecular weight excluding hydrogens is 244 g/mol. The molecule has 1 aromatic carbocycles. The van der Waals surface area contributed by atoms with Crippen LogP contribution in [0.2, 0.25) is 0 Å². The Balaban J connectivity index is 2.64. The normalized spacial score (nSPS) is 13.9. The topological polar surface area (TPSA) is 37.3 Å². The van der Waals surface area contributed by atoms with Gasteiger partial charge in [0.2, 0.25) is 0 Å². The lowest BCUT2D eigenvalue weighted by molar-refractivity contribution is 0.471. The van der Waals surface area contributed by atoms with Crippen molar-refractivity contribution < 1.29 is 5.11 Å². The first-order chi connectivity index (χ1) is 8.59. The van der Waals surface area contributed by atoms with Crippen LogP contribution in [0.4, 0.5) is 0 Å². The summed E-state index contributed by atoms with van der Waals surface area (Å²) in [6.45, 7) is 3.85. The van der Waals surface area contributed by atoms with Crippen molar-refractivity contribution in [2.75, 3.05) is 0 Å². The molecule has 1 aromatic heterocycles. The molecule has 92 valence electrons. The maximum absolute atomic E-state index is 12.4. The third kappa shape index (κ3) is 1.51. The van der Waals surface area contributed by atoms with Gasteiger partial charge in [-0.1, -0.05) is 12.2 Å². The summed E-state index contributed by atoms with van der Waals surface area (Å²) in [5, 5.41) is 11.3. The van der Waals surface area contributed by atoms with E-state index in [4.69, 9.17) is 0 Å². The van der Waals surface area contributed by atoms with Crippen LogP contribution in [-0.2, 0) is 0 Å². The first kappa shape index (κ1) is 11.5. The summed E-state index contributed by atoms with van der Waals surface area (Å²) in [4.78, 5) is 12.4. The Kier molecular flexibility index (Phi) is 2.52. The molecule has 0 saturated carbocycles. The van der Waals surface area contributed by atoms with Crippen LogP contribution in [0.3, 0.4) is 0 Å². The van der Waals surface area contributed by atoms with E-state index in [0.29, 0.717) is 5.39 Å². The number of hydrogen-bond donors (Lipinski definition) is 1. The average Bonchev–Trinajstić information content (AvgIpc) is 2.38. The van der Waals surface area contributed by atoms with E-state index in [1.165, 1.54) is 0 Å². The van der Waals surface area contributed by atoms with Crippen LogP contribution in [0.1, 0.15) is 24.0 Å². The van der Waals surface area contributed by atoms with Crippen molar-refractivity contribution in [3.05, 3.63) is 37.2 Å². The third-order valence-electron chi connectivity index (χ3n) is 3.62. The van der Waals surface area contributed by atoms with Crippen molar-refractivity contribution in [3.8, 4) is 5.75 Å². The monoisotopic (exact) mass is 258 g/mol. The van der Waals surface area contributed by atoms with Crippen molar-refractivity contribution in [1.29, 1.82) is 0 Å². The van der Waals surface area contributed by atoms with E-state index in [1.54, 1.807) is 17.4 Å². The van der Waals surface area contributed by atoms with E-state index < -0.39 is 0 Å². The highest BCUT2D eigenvalue weighted by Crippen LogP contribution is 2.28. The highest BCUT2D eigenvalue weighted by atomic mass is 32.1. The summed E-state index contributed by atoms with van der Waals surface area (Å²) in [5.74, 6) is 0.212. The number of aromatic hydroxyl groups is 1. The molecule has 0 fully saturated rings. The second-order valence-corrected chi connectivity index (χ2v) is 5.77. The zero-order valence-electron chi connectivity index (χ0n) is 10.4. The predicted octanol–water partition coefficient (Wildman–Crippen LogP) is 1.94. The first-order valence-corrected chi connectivity index (χ1v) is 6.87. The Morgan fingerprint density at radius 1 is 1.17 bits per heavy atom. The number of rotatable bonds is 0. The van der Waals surface area contributed by atoms with Crippen LogP contribution in [0.5, 0.6) is 5.75 Å². The zero-order valence-corrected chi connectivity index (χ0v) is 11.2. The van der Waals surface area contributed by atoms with Crippen LogP contribution < -0.4 is 15.2 Å². The number of fused-ring (bicyclic) bond motifs is 2. The Bertz CT molecular complexity index is 828. The van der Waals surface area contributed by atoms with Gasteiger partial charge in [-0.25, -0.2) is 0 Å². The molecule has 0 amide bonds. The minimum Gasteiger partial charge on any atom is -0.508 e. The van der Waals surface area contributed by atoms with Crippen LogP contribution in [-0.4, -0.2) is 5.11 Å². The SMILES string of the molecule is Cc1c(O)cc2c(=O)c3c(sc2c1C)=CCCC=3. The molecule has 1 N–H and O–H groups in total. The van der Waals surface area contributed by atoms with Crippen molar-refractivity contribution in [2.45, 2.75) is 26.7 Å². The lowest BCUT2D eigenvalue weighted by Crippen LogP contribution is -2.38. The fraction of sp³-hybridized carbons (Fsp3) is 0.267. The van der Waals surface area contributed by atoms with Gasteiger partial charge in [-0.05, 0) is 43.9 Å². The average molecular weight is 258 g/mol. The van der Waals surface area contributed by atoms with Crippen molar-refractivity contribution in [2.24, 2.45) is 0 Å². The van der Waals surface area contributed by atoms with E-state index in [-0.39, 0.29) is 11.2 Å². The standard InChI is InChI=1S/C15H14O2S/c1-8-9(2)15-11(7-12(8)16)14(17)10-5-3-4-6-13(10)18-15/h5-7,16H,3-4H2,1-2H3. The quantitative estimate of drug-likeness (QED) is 0.784. The van der Waals surface area contributed by atoms with E-state index in [2.05, 4.69) is 6.08 Å². The fourth-order valence-corrected chi connectivity index (χ4v) is 3.66. The van der Waals surface area contributed by atoms with Gasteiger partial charge >= 0.3 is 0 Å². The van der Waals surface area contributed by atoms with E-state index >= 15 is 0 Å². The predicted molar refractivity (Wildman–Crippen MR) is 76.6 cm³/mol. The van der Waals surface area contributed by atoms with Gasteiger partial charge in [-0.3, -0.25) is 4.79 Å². The molecular formula is C15H14O2S. The first-order valence-electron chi connectivity index (χ1n) is 6.06. The molecule has 2 nitrogen and oxygen atoms in total. The molecule has 18 heavy (non-hydrogen) atoms. The molecule has 1 aliphatic carbocycles. The largest absolute Gasteiger partial charge is 0.508 e. The summed E-state index contributed by atoms with van der Waals surface area (Å²) in [6, 6.07) is 1.61. The molecule has 2 aromatic rings. The molecule has 0 atom stereocenters. The summed E-state index contributed by atoms with van der Waals surface area (Å²) in [7, 11) is 0. The molecule has 3 heteroatoms. The van der Waals surface area contributed by atoms with Gasteiger partial charge in [0.25, 0.3) is 0 Å². The lowest BCUT2D eigenvalue weighted by Gasteiger charge is -2.08. The molecule has 1 aliphatic rings. The Morgan fingerprint density at radius 2 is 1.89 bits per heavy atom. The van der Waals surface area contributed by atoms with Crippen LogP contribution >= 0.6 is 11.3 Å². The smallest absolute Gasteiger partial charge is 0.195 e. The number of benzene rings is 1. The second kappa shape index (κ2) is 3.95. The second-order valence-electron chi connectivity index (χ2n) is 4.72. The Hall–Kier alpha value is -1.61. The van der Waals surface area contributed by atoms with Gasteiger partial charge < -0.3 is 5.11 Å². The molecule has 0 aliphatic heterocycles. The molecule has 1 heterocycles. The molecule has 0 bridgehead atoms. The van der Waals surface area contributed by atoms with Crippen LogP contribution in [0, 0.1) is 13.8 Å². The van der Waals surface area contributed by atoms with Crippen LogP contribution in [0.25, 0.3) is 22.2 Å². The highest BCUT2D eigenvalue weighted by molar-refractivity contribution is 7.16. The van der Waals surface area contributed by atoms with Crippen molar-refractivity contribution in [3.63, 3.8) is 0 Å². The Morgan fingerprint density at radius 3 is 2.67 bits per heavy atom. The number of aryl methyl sites for hydroxylation is 1. The summed E-state index contributed by atoms with van der Waals surface area (Å²) < 4.78 is 2.08. The molecule has 3 rings (SSSR count). The molecule has 0 unspecified atom stereocenters. The molecule has 0 spiro atoms. The van der Waals surface area contributed by atoms with Gasteiger partial charge in [-0.15, -0.1) is 11.3 Å². The fourth-order valence-electron chi connectivity index (χ4n) is 2.38. The number of phenolic OH excluding ortho intramolecular Hbond substituents is 1. The minimum absolute atomic E-state index is 0.0492. The minimum atomic E-state index is 0.0492. The van der Waals surface area contributed by atoms with Gasteiger partial charge in [0.1, 0.15) is 5.75 Å². The third-order valence-corrected chi connectivity index (χ3v) is 4.96. The molecule has 0 saturated heterocycles. The zero-order chi connectivity index (χ0) is 12.9. The van der Waals surface area contributed by atoms with Crippen molar-refractivity contribution in [1.82, 2.24) is 0 Å². The van der Waals surface area contributed by atoms with Gasteiger partial charge in [0, 0.05) is 19.8 Å². The van der Waals surface area contributed by atoms with E-state index in [0.717, 1.165) is 38.4 Å².